The molecule has 2 aromatic rings. The Morgan fingerprint density at radius 1 is 1.10 bits per heavy atom. The van der Waals surface area contributed by atoms with Gasteiger partial charge < -0.3 is 0 Å². The lowest BCUT2D eigenvalue weighted by Gasteiger charge is -2.27. The minimum atomic E-state index is -0.0300. The smallest absolute Gasteiger partial charge is 0.268 e. The number of hydrogen-bond donors (Lipinski definition) is 0. The second-order valence-electron chi connectivity index (χ2n) is 5.02. The van der Waals surface area contributed by atoms with Gasteiger partial charge in [-0.2, -0.15) is 0 Å². The fraction of sp³-hybridized carbons (Fsp3) is 0.118. The van der Waals surface area contributed by atoms with Crippen molar-refractivity contribution in [3.8, 4) is 0 Å². The van der Waals surface area contributed by atoms with E-state index in [-0.39, 0.29) is 5.91 Å². The van der Waals surface area contributed by atoms with Crippen molar-refractivity contribution in [3.05, 3.63) is 69.9 Å². The van der Waals surface area contributed by atoms with Gasteiger partial charge in [-0.25, -0.2) is 4.31 Å². The van der Waals surface area contributed by atoms with Crippen LogP contribution in [0.15, 0.2) is 53.1 Å². The van der Waals surface area contributed by atoms with Crippen molar-refractivity contribution in [3.63, 3.8) is 0 Å². The van der Waals surface area contributed by atoms with Gasteiger partial charge in [0.2, 0.25) is 0 Å². The van der Waals surface area contributed by atoms with Crippen LogP contribution in [0.2, 0.25) is 5.02 Å². The van der Waals surface area contributed by atoms with Crippen molar-refractivity contribution in [1.82, 2.24) is 4.31 Å². The van der Waals surface area contributed by atoms with E-state index in [1.807, 2.05) is 13.0 Å². The fourth-order valence-corrected chi connectivity index (χ4v) is 3.38. The molecule has 2 nitrogen and oxygen atoms in total. The van der Waals surface area contributed by atoms with Crippen molar-refractivity contribution < 1.29 is 4.79 Å². The summed E-state index contributed by atoms with van der Waals surface area (Å²) in [7, 11) is 0. The Morgan fingerprint density at radius 3 is 2.52 bits per heavy atom. The van der Waals surface area contributed by atoms with Crippen LogP contribution in [-0.2, 0) is 0 Å². The van der Waals surface area contributed by atoms with E-state index < -0.39 is 0 Å². The second-order valence-corrected chi connectivity index (χ2v) is 6.45. The van der Waals surface area contributed by atoms with Gasteiger partial charge in [-0.15, -0.1) is 0 Å². The van der Waals surface area contributed by atoms with E-state index in [4.69, 9.17) is 11.6 Å². The first-order valence-electron chi connectivity index (χ1n) is 6.61. The maximum absolute atomic E-state index is 12.6. The van der Waals surface area contributed by atoms with Crippen LogP contribution in [0.25, 0.3) is 6.08 Å². The Labute approximate surface area is 133 Å². The zero-order valence-electron chi connectivity index (χ0n) is 11.8. The number of nitrogens with zero attached hydrogens (tertiary/aromatic N) is 1. The van der Waals surface area contributed by atoms with E-state index in [1.54, 1.807) is 28.6 Å². The second kappa shape index (κ2) is 5.58. The molecule has 1 aliphatic rings. The van der Waals surface area contributed by atoms with Gasteiger partial charge in [-0.1, -0.05) is 23.7 Å². The van der Waals surface area contributed by atoms with Crippen LogP contribution in [-0.4, -0.2) is 10.2 Å². The third-order valence-electron chi connectivity index (χ3n) is 3.32. The molecule has 0 saturated carbocycles. The number of amides is 1. The summed E-state index contributed by atoms with van der Waals surface area (Å²) in [4.78, 5) is 13.7. The highest BCUT2D eigenvalue weighted by Gasteiger charge is 2.23. The maximum Gasteiger partial charge on any atom is 0.268 e. The molecular formula is C17H14ClNOS. The van der Waals surface area contributed by atoms with E-state index in [0.717, 1.165) is 16.2 Å². The summed E-state index contributed by atoms with van der Waals surface area (Å²) >= 11 is 7.34. The van der Waals surface area contributed by atoms with E-state index >= 15 is 0 Å². The Balaban J connectivity index is 1.94. The molecule has 21 heavy (non-hydrogen) atoms. The molecule has 0 N–H and O–H groups in total. The summed E-state index contributed by atoms with van der Waals surface area (Å²) in [6, 6.07) is 13.3. The summed E-state index contributed by atoms with van der Waals surface area (Å²) in [6.45, 7) is 4.00. The quantitative estimate of drug-likeness (QED) is 0.676. The third kappa shape index (κ3) is 2.85. The van der Waals surface area contributed by atoms with Gasteiger partial charge in [0, 0.05) is 21.2 Å². The van der Waals surface area contributed by atoms with E-state index in [2.05, 4.69) is 25.1 Å². The molecule has 0 radical (unpaired) electrons. The summed E-state index contributed by atoms with van der Waals surface area (Å²) in [5.74, 6) is -0.0300. The van der Waals surface area contributed by atoms with Crippen molar-refractivity contribution in [2.24, 2.45) is 0 Å². The SMILES string of the molecule is CC1=Cc2ccc(C)cc2SN1C(=O)c1ccc(Cl)cc1. The van der Waals surface area contributed by atoms with Crippen LogP contribution >= 0.6 is 23.5 Å². The lowest BCUT2D eigenvalue weighted by molar-refractivity contribution is 0.0898. The highest BCUT2D eigenvalue weighted by atomic mass is 35.5. The lowest BCUT2D eigenvalue weighted by atomic mass is 10.1. The number of fused-ring (bicyclic) bond motifs is 1. The predicted molar refractivity (Wildman–Crippen MR) is 88.3 cm³/mol. The van der Waals surface area contributed by atoms with E-state index in [9.17, 15) is 4.79 Å². The normalized spacial score (nSPS) is 13.7. The maximum atomic E-state index is 12.6. The molecule has 2 aromatic carbocycles. The molecule has 106 valence electrons. The van der Waals surface area contributed by atoms with Crippen LogP contribution in [0.5, 0.6) is 0 Å². The van der Waals surface area contributed by atoms with Gasteiger partial charge in [-0.3, -0.25) is 4.79 Å². The first-order valence-corrected chi connectivity index (χ1v) is 7.77. The molecular weight excluding hydrogens is 302 g/mol. The van der Waals surface area contributed by atoms with Gasteiger partial charge >= 0.3 is 0 Å². The van der Waals surface area contributed by atoms with Crippen molar-refractivity contribution >= 4 is 35.5 Å². The Morgan fingerprint density at radius 2 is 1.81 bits per heavy atom. The number of aryl methyl sites for hydroxylation is 1. The van der Waals surface area contributed by atoms with Crippen LogP contribution in [0.3, 0.4) is 0 Å². The average molecular weight is 316 g/mol. The Bertz CT molecular complexity index is 737. The number of benzene rings is 2. The summed E-state index contributed by atoms with van der Waals surface area (Å²) < 4.78 is 1.73. The third-order valence-corrected chi connectivity index (χ3v) is 4.76. The van der Waals surface area contributed by atoms with Crippen molar-refractivity contribution in [2.75, 3.05) is 0 Å². The van der Waals surface area contributed by atoms with Crippen LogP contribution in [0, 0.1) is 6.92 Å². The summed E-state index contributed by atoms with van der Waals surface area (Å²) in [5, 5.41) is 0.631. The molecule has 3 rings (SSSR count). The molecule has 0 bridgehead atoms. The van der Waals surface area contributed by atoms with Gasteiger partial charge in [0.1, 0.15) is 0 Å². The van der Waals surface area contributed by atoms with Gasteiger partial charge in [0.25, 0.3) is 5.91 Å². The number of rotatable bonds is 1. The molecule has 0 atom stereocenters. The Kier molecular flexibility index (Phi) is 3.79. The molecule has 0 saturated heterocycles. The monoisotopic (exact) mass is 315 g/mol. The van der Waals surface area contributed by atoms with Crippen LogP contribution in [0.1, 0.15) is 28.4 Å². The molecule has 1 amide bonds. The van der Waals surface area contributed by atoms with Crippen molar-refractivity contribution in [1.29, 1.82) is 0 Å². The van der Waals surface area contributed by atoms with Gasteiger partial charge in [0.15, 0.2) is 0 Å². The number of halogens is 1. The number of carbonyl (C=O) groups excluding carboxylic acids is 1. The minimum absolute atomic E-state index is 0.0300. The van der Waals surface area contributed by atoms with Crippen LogP contribution < -0.4 is 0 Å². The minimum Gasteiger partial charge on any atom is -0.268 e. The predicted octanol–water partition coefficient (Wildman–Crippen LogP) is 5.17. The molecule has 1 aliphatic heterocycles. The Hall–Kier alpha value is -1.71. The van der Waals surface area contributed by atoms with Crippen LogP contribution in [0.4, 0.5) is 0 Å². The molecule has 0 fully saturated rings. The number of carbonyl (C=O) groups is 1. The van der Waals surface area contributed by atoms with Crippen molar-refractivity contribution in [2.45, 2.75) is 18.7 Å². The highest BCUT2D eigenvalue weighted by Crippen LogP contribution is 2.37. The zero-order valence-corrected chi connectivity index (χ0v) is 13.3. The standard InChI is InChI=1S/C17H14ClNOS/c1-11-3-4-14-10-12(2)19(21-16(14)9-11)17(20)13-5-7-15(18)8-6-13/h3-10H,1-2H3. The molecule has 0 unspecified atom stereocenters. The molecule has 4 heteroatoms. The first-order chi connectivity index (χ1) is 10.0. The largest absolute Gasteiger partial charge is 0.268 e. The number of allylic oxidation sites excluding steroid dienone is 1. The molecule has 0 spiro atoms. The number of hydrogen-bond acceptors (Lipinski definition) is 2. The molecule has 1 heterocycles. The summed E-state index contributed by atoms with van der Waals surface area (Å²) in [5.41, 5.74) is 3.91. The fourth-order valence-electron chi connectivity index (χ4n) is 2.21. The van der Waals surface area contributed by atoms with Gasteiger partial charge in [-0.05, 0) is 73.3 Å². The lowest BCUT2D eigenvalue weighted by Crippen LogP contribution is -2.24. The first kappa shape index (κ1) is 14.2. The highest BCUT2D eigenvalue weighted by molar-refractivity contribution is 7.97. The summed E-state index contributed by atoms with van der Waals surface area (Å²) in [6.07, 6.45) is 2.04. The zero-order chi connectivity index (χ0) is 15.0. The van der Waals surface area contributed by atoms with E-state index in [0.29, 0.717) is 10.6 Å². The molecule has 0 aromatic heterocycles. The van der Waals surface area contributed by atoms with Gasteiger partial charge in [0.05, 0.1) is 0 Å². The topological polar surface area (TPSA) is 20.3 Å². The van der Waals surface area contributed by atoms with E-state index in [1.165, 1.54) is 17.5 Å². The average Bonchev–Trinajstić information content (AvgIpc) is 2.47. The molecule has 0 aliphatic carbocycles.